The number of aliphatic hydroxyl groups excluding tert-OH is 1. The van der Waals surface area contributed by atoms with Crippen molar-refractivity contribution in [1.29, 1.82) is 0 Å². The van der Waals surface area contributed by atoms with Gasteiger partial charge in [-0.1, -0.05) is 0 Å². The molecule has 1 atom stereocenters. The maximum Gasteiger partial charge on any atom is 0.300 e. The highest BCUT2D eigenvalue weighted by atomic mass is 16.5. The van der Waals surface area contributed by atoms with Crippen LogP contribution >= 0.6 is 0 Å². The number of carbonyl (C=O) groups is 2. The highest BCUT2D eigenvalue weighted by molar-refractivity contribution is 6.51. The first kappa shape index (κ1) is 24.7. The van der Waals surface area contributed by atoms with E-state index in [9.17, 15) is 14.7 Å². The predicted molar refractivity (Wildman–Crippen MR) is 143 cm³/mol. The summed E-state index contributed by atoms with van der Waals surface area (Å²) in [5.74, 6) is 0.0760. The molecule has 2 aromatic carbocycles. The Kier molecular flexibility index (Phi) is 6.54. The lowest BCUT2D eigenvalue weighted by molar-refractivity contribution is -0.132. The van der Waals surface area contributed by atoms with Crippen LogP contribution in [0.15, 0.2) is 58.5 Å². The number of ether oxygens (including phenoxy) is 1. The average molecular weight is 501 g/mol. The topological polar surface area (TPSA) is 83.2 Å². The molecule has 7 heteroatoms. The van der Waals surface area contributed by atoms with E-state index < -0.39 is 17.7 Å². The SMILES string of the molecule is COc1cc(C)c(/C(O)=C2\C(=O)C(=O)N(c3ccc(N4CCCCC4)cc3)C2c2ccc(C)o2)cc1C. The normalized spacial score (nSPS) is 19.5. The van der Waals surface area contributed by atoms with Crippen LogP contribution < -0.4 is 14.5 Å². The first-order valence-electron chi connectivity index (χ1n) is 12.7. The van der Waals surface area contributed by atoms with E-state index in [-0.39, 0.29) is 11.3 Å². The number of hydrogen-bond donors (Lipinski definition) is 1. The van der Waals surface area contributed by atoms with Gasteiger partial charge in [0.25, 0.3) is 11.7 Å². The molecule has 192 valence electrons. The van der Waals surface area contributed by atoms with Gasteiger partial charge in [0, 0.05) is 30.0 Å². The van der Waals surface area contributed by atoms with Crippen LogP contribution in [-0.2, 0) is 9.59 Å². The summed E-state index contributed by atoms with van der Waals surface area (Å²) in [5.41, 5.74) is 3.68. The minimum Gasteiger partial charge on any atom is -0.507 e. The third-order valence-corrected chi connectivity index (χ3v) is 7.32. The molecule has 7 nitrogen and oxygen atoms in total. The van der Waals surface area contributed by atoms with Crippen LogP contribution in [0, 0.1) is 20.8 Å². The molecule has 1 unspecified atom stereocenters. The molecule has 2 aliphatic rings. The predicted octanol–water partition coefficient (Wildman–Crippen LogP) is 5.83. The minimum atomic E-state index is -0.892. The molecule has 5 rings (SSSR count). The second-order valence-corrected chi connectivity index (χ2v) is 9.82. The maximum absolute atomic E-state index is 13.4. The Bertz CT molecular complexity index is 1380. The van der Waals surface area contributed by atoms with Crippen LogP contribution in [0.1, 0.15) is 53.5 Å². The van der Waals surface area contributed by atoms with Crippen molar-refractivity contribution in [2.45, 2.75) is 46.1 Å². The largest absolute Gasteiger partial charge is 0.507 e. The summed E-state index contributed by atoms with van der Waals surface area (Å²) >= 11 is 0. The first-order valence-corrected chi connectivity index (χ1v) is 12.7. The number of Topliss-reactive ketones (excluding diaryl/α,β-unsaturated/α-hetero) is 1. The highest BCUT2D eigenvalue weighted by Gasteiger charge is 2.48. The van der Waals surface area contributed by atoms with Crippen LogP contribution in [0.5, 0.6) is 5.75 Å². The molecule has 2 saturated heterocycles. The molecule has 0 radical (unpaired) electrons. The Morgan fingerprint density at radius 2 is 1.59 bits per heavy atom. The average Bonchev–Trinajstić information content (AvgIpc) is 3.45. The van der Waals surface area contributed by atoms with E-state index in [1.54, 1.807) is 32.2 Å². The third-order valence-electron chi connectivity index (χ3n) is 7.32. The van der Waals surface area contributed by atoms with E-state index >= 15 is 0 Å². The lowest BCUT2D eigenvalue weighted by Crippen LogP contribution is -2.30. The van der Waals surface area contributed by atoms with Crippen LogP contribution in [-0.4, -0.2) is 37.0 Å². The van der Waals surface area contributed by atoms with Gasteiger partial charge in [0.1, 0.15) is 29.1 Å². The lowest BCUT2D eigenvalue weighted by Gasteiger charge is -2.29. The fourth-order valence-electron chi connectivity index (χ4n) is 5.35. The van der Waals surface area contributed by atoms with Gasteiger partial charge in [-0.15, -0.1) is 0 Å². The zero-order valence-corrected chi connectivity index (χ0v) is 21.7. The van der Waals surface area contributed by atoms with Gasteiger partial charge in [0.15, 0.2) is 0 Å². The molecule has 0 aliphatic carbocycles. The molecule has 2 fully saturated rings. The molecule has 2 aliphatic heterocycles. The molecule has 0 spiro atoms. The second-order valence-electron chi connectivity index (χ2n) is 9.82. The number of carbonyl (C=O) groups excluding carboxylic acids is 2. The maximum atomic E-state index is 13.4. The Morgan fingerprint density at radius 3 is 2.22 bits per heavy atom. The van der Waals surface area contributed by atoms with E-state index in [1.165, 1.54) is 24.2 Å². The number of nitrogens with zero attached hydrogens (tertiary/aromatic N) is 2. The van der Waals surface area contributed by atoms with Crippen LogP contribution in [0.25, 0.3) is 5.76 Å². The summed E-state index contributed by atoms with van der Waals surface area (Å²) in [6.45, 7) is 7.52. The number of benzene rings is 2. The van der Waals surface area contributed by atoms with Gasteiger partial charge in [-0.05, 0) is 99.7 Å². The minimum absolute atomic E-state index is 0.00660. The van der Waals surface area contributed by atoms with E-state index in [4.69, 9.17) is 9.15 Å². The zero-order valence-electron chi connectivity index (χ0n) is 21.7. The fraction of sp³-hybridized carbons (Fsp3) is 0.333. The first-order chi connectivity index (χ1) is 17.8. The molecular weight excluding hydrogens is 468 g/mol. The molecule has 1 amide bonds. The molecule has 1 aromatic heterocycles. The van der Waals surface area contributed by atoms with Gasteiger partial charge in [0.05, 0.1) is 12.7 Å². The van der Waals surface area contributed by atoms with Gasteiger partial charge < -0.3 is 19.2 Å². The van der Waals surface area contributed by atoms with Crippen molar-refractivity contribution in [2.75, 3.05) is 30.0 Å². The Hall–Kier alpha value is -4.00. The molecule has 1 N–H and O–H groups in total. The number of furan rings is 1. The van der Waals surface area contributed by atoms with Crippen molar-refractivity contribution in [3.05, 3.63) is 82.3 Å². The van der Waals surface area contributed by atoms with Gasteiger partial charge in [-0.3, -0.25) is 14.5 Å². The van der Waals surface area contributed by atoms with Crippen molar-refractivity contribution in [3.8, 4) is 5.75 Å². The third kappa shape index (κ3) is 4.39. The molecule has 3 heterocycles. The molecule has 37 heavy (non-hydrogen) atoms. The number of ketones is 1. The summed E-state index contributed by atoms with van der Waals surface area (Å²) < 4.78 is 11.3. The van der Waals surface area contributed by atoms with Crippen LogP contribution in [0.4, 0.5) is 11.4 Å². The number of anilines is 2. The summed E-state index contributed by atoms with van der Waals surface area (Å²) in [6.07, 6.45) is 3.58. The van der Waals surface area contributed by atoms with Crippen molar-refractivity contribution in [3.63, 3.8) is 0 Å². The lowest BCUT2D eigenvalue weighted by atomic mass is 9.95. The summed E-state index contributed by atoms with van der Waals surface area (Å²) in [7, 11) is 1.59. The number of amides is 1. The summed E-state index contributed by atoms with van der Waals surface area (Å²) in [5, 5.41) is 11.5. The fourth-order valence-corrected chi connectivity index (χ4v) is 5.35. The summed E-state index contributed by atoms with van der Waals surface area (Å²) in [4.78, 5) is 30.6. The monoisotopic (exact) mass is 500 g/mol. The van der Waals surface area contributed by atoms with E-state index in [0.29, 0.717) is 28.5 Å². The number of aryl methyl sites for hydroxylation is 3. The van der Waals surface area contributed by atoms with Gasteiger partial charge in [-0.25, -0.2) is 0 Å². The van der Waals surface area contributed by atoms with Crippen molar-refractivity contribution >= 4 is 28.8 Å². The van der Waals surface area contributed by atoms with Crippen LogP contribution in [0.2, 0.25) is 0 Å². The highest BCUT2D eigenvalue weighted by Crippen LogP contribution is 2.43. The van der Waals surface area contributed by atoms with Gasteiger partial charge in [-0.2, -0.15) is 0 Å². The van der Waals surface area contributed by atoms with Crippen molar-refractivity contribution in [2.24, 2.45) is 0 Å². The van der Waals surface area contributed by atoms with E-state index in [2.05, 4.69) is 4.90 Å². The standard InChI is InChI=1S/C30H32N2O5/c1-18-17-25(36-4)19(2)16-23(18)28(33)26-27(24-13-8-20(3)37-24)32(30(35)29(26)34)22-11-9-21(10-12-22)31-14-6-5-7-15-31/h8-13,16-17,27,33H,5-7,14-15H2,1-4H3/b28-26+. The molecule has 0 saturated carbocycles. The Labute approximate surface area is 216 Å². The van der Waals surface area contributed by atoms with Crippen molar-refractivity contribution < 1.29 is 23.8 Å². The van der Waals surface area contributed by atoms with E-state index in [1.807, 2.05) is 44.2 Å². The van der Waals surface area contributed by atoms with Crippen LogP contribution in [0.3, 0.4) is 0 Å². The molecular formula is C30H32N2O5. The van der Waals surface area contributed by atoms with Crippen molar-refractivity contribution in [1.82, 2.24) is 0 Å². The Balaban J connectivity index is 1.62. The number of rotatable bonds is 5. The van der Waals surface area contributed by atoms with Gasteiger partial charge >= 0.3 is 0 Å². The number of hydrogen-bond acceptors (Lipinski definition) is 6. The Morgan fingerprint density at radius 1 is 0.919 bits per heavy atom. The quantitative estimate of drug-likeness (QED) is 0.270. The number of piperidine rings is 1. The smallest absolute Gasteiger partial charge is 0.300 e. The van der Waals surface area contributed by atoms with E-state index in [0.717, 1.165) is 29.9 Å². The summed E-state index contributed by atoms with van der Waals surface area (Å²) in [6, 6.07) is 13.9. The number of aliphatic hydroxyl groups is 1. The van der Waals surface area contributed by atoms with Gasteiger partial charge in [0.2, 0.25) is 0 Å². The molecule has 0 bridgehead atoms. The molecule has 3 aromatic rings. The zero-order chi connectivity index (χ0) is 26.3. The number of methoxy groups -OCH3 is 1. The second kappa shape index (κ2) is 9.81.